The smallest absolute Gasteiger partial charge is 0.242 e. The molecule has 0 bridgehead atoms. The molecule has 152 valence electrons. The first kappa shape index (κ1) is 20.4. The number of hydrogen-bond donors (Lipinski definition) is 2. The summed E-state index contributed by atoms with van der Waals surface area (Å²) in [5, 5.41) is 7.41. The fourth-order valence-corrected chi connectivity index (χ4v) is 3.93. The van der Waals surface area contributed by atoms with E-state index < -0.39 is 0 Å². The van der Waals surface area contributed by atoms with Gasteiger partial charge in [-0.1, -0.05) is 38.1 Å². The van der Waals surface area contributed by atoms with Crippen molar-refractivity contribution in [2.75, 3.05) is 18.8 Å². The largest absolute Gasteiger partial charge is 0.384 e. The Hall–Kier alpha value is -2.34. The first-order chi connectivity index (χ1) is 13.4. The maximum Gasteiger partial charge on any atom is 0.242 e. The van der Waals surface area contributed by atoms with Crippen molar-refractivity contribution in [3.63, 3.8) is 0 Å². The zero-order valence-corrected chi connectivity index (χ0v) is 17.3. The van der Waals surface area contributed by atoms with Crippen molar-refractivity contribution < 1.29 is 4.79 Å². The molecule has 1 aliphatic rings. The number of nitrogens with one attached hydrogen (secondary N) is 1. The van der Waals surface area contributed by atoms with Crippen molar-refractivity contribution in [1.82, 2.24) is 20.0 Å². The van der Waals surface area contributed by atoms with E-state index in [0.29, 0.717) is 11.7 Å². The molecule has 0 spiro atoms. The molecule has 28 heavy (non-hydrogen) atoms. The number of carbonyl (C=O) groups is 1. The summed E-state index contributed by atoms with van der Waals surface area (Å²) in [4.78, 5) is 14.8. The molecule has 1 saturated heterocycles. The Morgan fingerprint density at radius 2 is 2.00 bits per heavy atom. The van der Waals surface area contributed by atoms with Crippen molar-refractivity contribution in [3.8, 4) is 0 Å². The molecule has 0 unspecified atom stereocenters. The second-order valence-electron chi connectivity index (χ2n) is 8.42. The van der Waals surface area contributed by atoms with Gasteiger partial charge in [-0.05, 0) is 49.8 Å². The second kappa shape index (κ2) is 9.24. The lowest BCUT2D eigenvalue weighted by atomic mass is 10.0. The van der Waals surface area contributed by atoms with E-state index in [1.165, 1.54) is 11.1 Å². The van der Waals surface area contributed by atoms with Crippen molar-refractivity contribution in [3.05, 3.63) is 47.2 Å². The fourth-order valence-electron chi connectivity index (χ4n) is 3.93. The van der Waals surface area contributed by atoms with Gasteiger partial charge in [-0.25, -0.2) is 4.68 Å². The van der Waals surface area contributed by atoms with Gasteiger partial charge in [-0.3, -0.25) is 9.69 Å². The van der Waals surface area contributed by atoms with E-state index in [1.54, 1.807) is 10.7 Å². The monoisotopic (exact) mass is 383 g/mol. The third-order valence-corrected chi connectivity index (χ3v) is 5.17. The molecule has 1 aromatic heterocycles. The summed E-state index contributed by atoms with van der Waals surface area (Å²) in [6.45, 7) is 9.43. The molecule has 3 rings (SSSR count). The van der Waals surface area contributed by atoms with Crippen LogP contribution in [0.5, 0.6) is 0 Å². The van der Waals surface area contributed by atoms with E-state index >= 15 is 0 Å². The number of amides is 1. The minimum atomic E-state index is -0.0281. The van der Waals surface area contributed by atoms with E-state index in [9.17, 15) is 4.79 Å². The fraction of sp³-hybridized carbons (Fsp3) is 0.545. The van der Waals surface area contributed by atoms with Crippen LogP contribution in [-0.2, 0) is 24.3 Å². The van der Waals surface area contributed by atoms with Gasteiger partial charge in [0.1, 0.15) is 12.4 Å². The van der Waals surface area contributed by atoms with Gasteiger partial charge >= 0.3 is 0 Å². The number of likely N-dealkylation sites (tertiary alicyclic amines) is 1. The number of nitrogens with two attached hydrogens (primary N) is 1. The molecule has 0 saturated carbocycles. The number of rotatable bonds is 7. The highest BCUT2D eigenvalue weighted by atomic mass is 16.2. The highest BCUT2D eigenvalue weighted by molar-refractivity contribution is 5.76. The maximum atomic E-state index is 12.4. The third-order valence-electron chi connectivity index (χ3n) is 5.17. The highest BCUT2D eigenvalue weighted by Crippen LogP contribution is 2.16. The molecular formula is C22H33N5O. The average molecular weight is 384 g/mol. The van der Waals surface area contributed by atoms with Gasteiger partial charge in [0.25, 0.3) is 0 Å². The van der Waals surface area contributed by atoms with Gasteiger partial charge in [0.2, 0.25) is 5.91 Å². The van der Waals surface area contributed by atoms with E-state index in [0.717, 1.165) is 44.6 Å². The van der Waals surface area contributed by atoms with Crippen molar-refractivity contribution >= 4 is 11.7 Å². The normalized spacial score (nSPS) is 17.8. The van der Waals surface area contributed by atoms with Crippen LogP contribution in [0, 0.1) is 12.8 Å². The summed E-state index contributed by atoms with van der Waals surface area (Å²) >= 11 is 0. The molecule has 0 radical (unpaired) electrons. The standard InChI is InChI=1S/C22H33N5O/c1-16(2)11-18-6-8-19(9-7-18)13-26-10-4-5-20(14-26)24-22(28)15-27-21(23)12-17(3)25-27/h6-9,12,16,20H,4-5,10-11,13-15,23H2,1-3H3,(H,24,28)/t20-/m1/s1. The minimum Gasteiger partial charge on any atom is -0.384 e. The van der Waals surface area contributed by atoms with Gasteiger partial charge in [-0.2, -0.15) is 5.10 Å². The quantitative estimate of drug-likeness (QED) is 0.771. The van der Waals surface area contributed by atoms with Crippen LogP contribution in [0.15, 0.2) is 30.3 Å². The van der Waals surface area contributed by atoms with Crippen molar-refractivity contribution in [2.24, 2.45) is 5.92 Å². The molecule has 1 atom stereocenters. The van der Waals surface area contributed by atoms with E-state index in [-0.39, 0.29) is 18.5 Å². The average Bonchev–Trinajstić information content (AvgIpc) is 2.93. The lowest BCUT2D eigenvalue weighted by Gasteiger charge is -2.33. The lowest BCUT2D eigenvalue weighted by Crippen LogP contribution is -2.48. The van der Waals surface area contributed by atoms with Crippen LogP contribution < -0.4 is 11.1 Å². The van der Waals surface area contributed by atoms with E-state index in [4.69, 9.17) is 5.73 Å². The molecule has 1 fully saturated rings. The van der Waals surface area contributed by atoms with Crippen LogP contribution in [0.1, 0.15) is 43.5 Å². The number of benzene rings is 1. The highest BCUT2D eigenvalue weighted by Gasteiger charge is 2.22. The van der Waals surface area contributed by atoms with Crippen LogP contribution in [0.3, 0.4) is 0 Å². The number of aromatic nitrogens is 2. The topological polar surface area (TPSA) is 76.2 Å². The molecule has 1 amide bonds. The first-order valence-corrected chi connectivity index (χ1v) is 10.3. The third kappa shape index (κ3) is 5.83. The summed E-state index contributed by atoms with van der Waals surface area (Å²) in [5.41, 5.74) is 9.44. The van der Waals surface area contributed by atoms with Gasteiger partial charge in [0, 0.05) is 25.2 Å². The Balaban J connectivity index is 1.49. The Morgan fingerprint density at radius 3 is 2.64 bits per heavy atom. The number of nitrogens with zero attached hydrogens (tertiary/aromatic N) is 3. The number of carbonyl (C=O) groups excluding carboxylic acids is 1. The van der Waals surface area contributed by atoms with Gasteiger partial charge in [0.05, 0.1) is 5.69 Å². The molecule has 1 aliphatic heterocycles. The maximum absolute atomic E-state index is 12.4. The predicted molar refractivity (Wildman–Crippen MR) is 113 cm³/mol. The van der Waals surface area contributed by atoms with Crippen LogP contribution in [-0.4, -0.2) is 39.7 Å². The van der Waals surface area contributed by atoms with Crippen molar-refractivity contribution in [2.45, 2.75) is 59.2 Å². The predicted octanol–water partition coefficient (Wildman–Crippen LogP) is 2.75. The lowest BCUT2D eigenvalue weighted by molar-refractivity contribution is -0.122. The molecule has 1 aromatic carbocycles. The number of nitrogen functional groups attached to an aromatic ring is 1. The molecule has 2 aromatic rings. The van der Waals surface area contributed by atoms with E-state index in [2.05, 4.69) is 53.4 Å². The van der Waals surface area contributed by atoms with E-state index in [1.807, 2.05) is 6.92 Å². The summed E-state index contributed by atoms with van der Waals surface area (Å²) in [5.74, 6) is 1.18. The Morgan fingerprint density at radius 1 is 1.29 bits per heavy atom. The summed E-state index contributed by atoms with van der Waals surface area (Å²) < 4.78 is 1.56. The van der Waals surface area contributed by atoms with Gasteiger partial charge < -0.3 is 11.1 Å². The zero-order valence-electron chi connectivity index (χ0n) is 17.3. The number of anilines is 1. The zero-order chi connectivity index (χ0) is 20.1. The Kier molecular flexibility index (Phi) is 6.73. The Labute approximate surface area is 168 Å². The number of hydrogen-bond acceptors (Lipinski definition) is 4. The number of piperidine rings is 1. The van der Waals surface area contributed by atoms with Crippen molar-refractivity contribution in [1.29, 1.82) is 0 Å². The van der Waals surface area contributed by atoms with Crippen LogP contribution in [0.4, 0.5) is 5.82 Å². The minimum absolute atomic E-state index is 0.0281. The molecule has 6 heteroatoms. The molecular weight excluding hydrogens is 350 g/mol. The van der Waals surface area contributed by atoms with Crippen LogP contribution >= 0.6 is 0 Å². The molecule has 2 heterocycles. The summed E-state index contributed by atoms with van der Waals surface area (Å²) in [6, 6.07) is 10.9. The van der Waals surface area contributed by atoms with Crippen LogP contribution in [0.25, 0.3) is 0 Å². The van der Waals surface area contributed by atoms with Gasteiger partial charge in [0.15, 0.2) is 0 Å². The van der Waals surface area contributed by atoms with Gasteiger partial charge in [-0.15, -0.1) is 0 Å². The molecule has 0 aliphatic carbocycles. The summed E-state index contributed by atoms with van der Waals surface area (Å²) in [6.07, 6.45) is 3.24. The van der Waals surface area contributed by atoms with Crippen LogP contribution in [0.2, 0.25) is 0 Å². The Bertz CT molecular complexity index is 781. The number of aryl methyl sites for hydroxylation is 1. The second-order valence-corrected chi connectivity index (χ2v) is 8.42. The SMILES string of the molecule is Cc1cc(N)n(CC(=O)N[C@@H]2CCCN(Cc3ccc(CC(C)C)cc3)C2)n1. The molecule has 6 nitrogen and oxygen atoms in total. The molecule has 3 N–H and O–H groups in total. The first-order valence-electron chi connectivity index (χ1n) is 10.3. The summed E-state index contributed by atoms with van der Waals surface area (Å²) in [7, 11) is 0.